The molecule has 31 heavy (non-hydrogen) atoms. The number of nitrogens with zero attached hydrogens (tertiary/aromatic N) is 1. The van der Waals surface area contributed by atoms with E-state index in [9.17, 15) is 0 Å². The van der Waals surface area contributed by atoms with Crippen LogP contribution in [-0.4, -0.2) is 7.85 Å². The summed E-state index contributed by atoms with van der Waals surface area (Å²) in [5, 5.41) is 4.59. The predicted octanol–water partition coefficient (Wildman–Crippen LogP) is 7.00. The molecular formula is C28H18BNO. The van der Waals surface area contributed by atoms with Crippen molar-refractivity contribution in [3.63, 3.8) is 0 Å². The van der Waals surface area contributed by atoms with E-state index in [0.29, 0.717) is 0 Å². The summed E-state index contributed by atoms with van der Waals surface area (Å²) in [6.45, 7) is 0. The fourth-order valence-electron chi connectivity index (χ4n) is 4.34. The van der Waals surface area contributed by atoms with Gasteiger partial charge in [0.25, 0.3) is 0 Å². The van der Waals surface area contributed by atoms with Gasteiger partial charge < -0.3 is 9.32 Å². The topological polar surface area (TPSA) is 16.4 Å². The highest BCUT2D eigenvalue weighted by molar-refractivity contribution is 6.32. The van der Waals surface area contributed by atoms with Gasteiger partial charge in [-0.05, 0) is 35.7 Å². The first kappa shape index (κ1) is 17.8. The van der Waals surface area contributed by atoms with Crippen LogP contribution in [-0.2, 0) is 0 Å². The van der Waals surface area contributed by atoms with Gasteiger partial charge in [-0.15, -0.1) is 0 Å². The average molecular weight is 395 g/mol. The third-order valence-electron chi connectivity index (χ3n) is 5.78. The number of anilines is 3. The molecule has 0 N–H and O–H groups in total. The molecule has 0 aliphatic rings. The van der Waals surface area contributed by atoms with Gasteiger partial charge >= 0.3 is 0 Å². The Morgan fingerprint density at radius 3 is 2.06 bits per heavy atom. The molecule has 6 aromatic rings. The Bertz CT molecular complexity index is 1540. The van der Waals surface area contributed by atoms with Gasteiger partial charge in [0.2, 0.25) is 0 Å². The zero-order chi connectivity index (χ0) is 20.8. The van der Waals surface area contributed by atoms with Gasteiger partial charge in [0, 0.05) is 21.8 Å². The SMILES string of the molecule is [B]c1ccc(N(c2cccc3ccccc23)c2cccc3c2oc2ccccc23)cc1. The second-order valence-corrected chi connectivity index (χ2v) is 7.68. The van der Waals surface area contributed by atoms with Crippen LogP contribution in [0.3, 0.4) is 0 Å². The van der Waals surface area contributed by atoms with Crippen molar-refractivity contribution in [3.8, 4) is 0 Å². The largest absolute Gasteiger partial charge is 0.454 e. The summed E-state index contributed by atoms with van der Waals surface area (Å²) in [5.74, 6) is 0. The van der Waals surface area contributed by atoms with Crippen LogP contribution in [0.15, 0.2) is 114 Å². The second-order valence-electron chi connectivity index (χ2n) is 7.68. The molecule has 0 saturated heterocycles. The lowest BCUT2D eigenvalue weighted by atomic mass is 9.96. The summed E-state index contributed by atoms with van der Waals surface area (Å²) in [6, 6.07) is 37.3. The minimum absolute atomic E-state index is 0.739. The van der Waals surface area contributed by atoms with Gasteiger partial charge in [-0.25, -0.2) is 0 Å². The Morgan fingerprint density at radius 1 is 0.548 bits per heavy atom. The van der Waals surface area contributed by atoms with E-state index in [2.05, 4.69) is 83.8 Å². The predicted molar refractivity (Wildman–Crippen MR) is 131 cm³/mol. The number of rotatable bonds is 3. The molecule has 6 rings (SSSR count). The van der Waals surface area contributed by atoms with Gasteiger partial charge in [0.15, 0.2) is 5.58 Å². The molecular weight excluding hydrogens is 377 g/mol. The summed E-state index contributed by atoms with van der Waals surface area (Å²) in [4.78, 5) is 2.26. The van der Waals surface area contributed by atoms with Crippen LogP contribution >= 0.6 is 0 Å². The molecule has 0 amide bonds. The van der Waals surface area contributed by atoms with Gasteiger partial charge in [-0.2, -0.15) is 0 Å². The molecule has 1 aromatic heterocycles. The highest BCUT2D eigenvalue weighted by Gasteiger charge is 2.20. The van der Waals surface area contributed by atoms with Crippen molar-refractivity contribution in [2.75, 3.05) is 4.90 Å². The quantitative estimate of drug-likeness (QED) is 0.300. The number of fused-ring (bicyclic) bond motifs is 4. The van der Waals surface area contributed by atoms with Gasteiger partial charge in [-0.3, -0.25) is 0 Å². The third kappa shape index (κ3) is 2.90. The second kappa shape index (κ2) is 7.07. The fraction of sp³-hybridized carbons (Fsp3) is 0. The van der Waals surface area contributed by atoms with E-state index < -0.39 is 0 Å². The van der Waals surface area contributed by atoms with Crippen molar-refractivity contribution in [2.45, 2.75) is 0 Å². The Morgan fingerprint density at radius 2 is 1.19 bits per heavy atom. The lowest BCUT2D eigenvalue weighted by molar-refractivity contribution is 0.669. The Balaban J connectivity index is 1.70. The number of hydrogen-bond acceptors (Lipinski definition) is 2. The molecule has 3 heteroatoms. The monoisotopic (exact) mass is 395 g/mol. The van der Waals surface area contributed by atoms with Crippen LogP contribution in [0, 0.1) is 0 Å². The summed E-state index contributed by atoms with van der Waals surface area (Å²) >= 11 is 0. The minimum Gasteiger partial charge on any atom is -0.454 e. The van der Waals surface area contributed by atoms with Crippen LogP contribution in [0.2, 0.25) is 0 Å². The highest BCUT2D eigenvalue weighted by Crippen LogP contribution is 2.43. The van der Waals surface area contributed by atoms with Gasteiger partial charge in [0.1, 0.15) is 13.4 Å². The standard InChI is InChI=1S/C28H18BNO/c29-20-15-17-21(18-16-20)30(25-12-5-8-19-7-1-2-9-22(19)25)26-13-6-11-24-23-10-3-4-14-27(23)31-28(24)26/h1-18H. The lowest BCUT2D eigenvalue weighted by Crippen LogP contribution is -2.12. The molecule has 0 bridgehead atoms. The Hall–Kier alpha value is -3.98. The maximum atomic E-state index is 6.38. The summed E-state index contributed by atoms with van der Waals surface area (Å²) in [6.07, 6.45) is 0. The highest BCUT2D eigenvalue weighted by atomic mass is 16.3. The van der Waals surface area contributed by atoms with Crippen molar-refractivity contribution >= 4 is 63.1 Å². The molecule has 0 spiro atoms. The van der Waals surface area contributed by atoms with Crippen molar-refractivity contribution in [1.29, 1.82) is 0 Å². The third-order valence-corrected chi connectivity index (χ3v) is 5.78. The molecule has 0 atom stereocenters. The zero-order valence-corrected chi connectivity index (χ0v) is 16.8. The molecule has 0 aliphatic heterocycles. The van der Waals surface area contributed by atoms with E-state index in [0.717, 1.165) is 44.5 Å². The molecule has 2 radical (unpaired) electrons. The summed E-state index contributed by atoms with van der Waals surface area (Å²) < 4.78 is 6.38. The maximum Gasteiger partial charge on any atom is 0.159 e. The van der Waals surface area contributed by atoms with E-state index >= 15 is 0 Å². The van der Waals surface area contributed by atoms with E-state index in [1.807, 2.05) is 30.3 Å². The van der Waals surface area contributed by atoms with Crippen molar-refractivity contribution in [2.24, 2.45) is 0 Å². The molecule has 0 fully saturated rings. The van der Waals surface area contributed by atoms with Crippen LogP contribution < -0.4 is 10.4 Å². The average Bonchev–Trinajstić information content (AvgIpc) is 3.20. The Labute approximate surface area is 181 Å². The smallest absolute Gasteiger partial charge is 0.159 e. The molecule has 5 aromatic carbocycles. The summed E-state index contributed by atoms with van der Waals surface area (Å²) in [7, 11) is 6.00. The van der Waals surface area contributed by atoms with Crippen molar-refractivity contribution < 1.29 is 4.42 Å². The number of furan rings is 1. The minimum atomic E-state index is 0.739. The lowest BCUT2D eigenvalue weighted by Gasteiger charge is -2.27. The van der Waals surface area contributed by atoms with Crippen LogP contribution in [0.25, 0.3) is 32.7 Å². The van der Waals surface area contributed by atoms with E-state index in [4.69, 9.17) is 12.3 Å². The first-order valence-corrected chi connectivity index (χ1v) is 10.3. The van der Waals surface area contributed by atoms with Crippen LogP contribution in [0.4, 0.5) is 17.1 Å². The van der Waals surface area contributed by atoms with Gasteiger partial charge in [-0.1, -0.05) is 84.3 Å². The van der Waals surface area contributed by atoms with Gasteiger partial charge in [0.05, 0.1) is 11.4 Å². The molecule has 2 nitrogen and oxygen atoms in total. The van der Waals surface area contributed by atoms with Crippen LogP contribution in [0.1, 0.15) is 0 Å². The normalized spacial score (nSPS) is 11.4. The first-order valence-electron chi connectivity index (χ1n) is 10.3. The maximum absolute atomic E-state index is 6.38. The fourth-order valence-corrected chi connectivity index (χ4v) is 4.34. The zero-order valence-electron chi connectivity index (χ0n) is 16.8. The van der Waals surface area contributed by atoms with Crippen LogP contribution in [0.5, 0.6) is 0 Å². The first-order chi connectivity index (χ1) is 15.3. The van der Waals surface area contributed by atoms with E-state index in [-0.39, 0.29) is 0 Å². The molecule has 0 aliphatic carbocycles. The number of hydrogen-bond donors (Lipinski definition) is 0. The van der Waals surface area contributed by atoms with Crippen molar-refractivity contribution in [3.05, 3.63) is 109 Å². The summed E-state index contributed by atoms with van der Waals surface area (Å²) in [5.41, 5.74) is 5.61. The number of para-hydroxylation sites is 2. The Kier molecular flexibility index (Phi) is 4.07. The molecule has 1 heterocycles. The van der Waals surface area contributed by atoms with E-state index in [1.54, 1.807) is 0 Å². The van der Waals surface area contributed by atoms with Crippen molar-refractivity contribution in [1.82, 2.24) is 0 Å². The molecule has 144 valence electrons. The molecule has 0 unspecified atom stereocenters. The molecule has 0 saturated carbocycles. The number of benzene rings is 5. The van der Waals surface area contributed by atoms with E-state index in [1.165, 1.54) is 10.8 Å².